The van der Waals surface area contributed by atoms with Gasteiger partial charge in [-0.15, -0.1) is 0 Å². The van der Waals surface area contributed by atoms with Gasteiger partial charge in [-0.3, -0.25) is 29.1 Å². The largest absolute Gasteiger partial charge is 0.480 e. The Bertz CT molecular complexity index is 1390. The highest BCUT2D eigenvalue weighted by molar-refractivity contribution is 8.14. The maximum atomic E-state index is 14.1. The summed E-state index contributed by atoms with van der Waals surface area (Å²) in [6.45, 7) is 0.948. The van der Waals surface area contributed by atoms with E-state index in [0.717, 1.165) is 5.56 Å². The number of aliphatic carboxylic acids is 1. The molecule has 200 valence electrons. The summed E-state index contributed by atoms with van der Waals surface area (Å²) in [6.07, 6.45) is 0. The molecule has 11 heteroatoms. The Morgan fingerprint density at radius 1 is 1.00 bits per heavy atom. The van der Waals surface area contributed by atoms with Crippen molar-refractivity contribution >= 4 is 57.9 Å². The predicted octanol–water partition coefficient (Wildman–Crippen LogP) is 3.91. The predicted molar refractivity (Wildman–Crippen MR) is 151 cm³/mol. The SMILES string of the molecule is CC(NC(=O)CN=C1S[C@H](c2ccc(Cl)cc2)[C@H](NC(=O)c2ccccc2)C(=O)N1c1ccccc1)C(=O)O. The van der Waals surface area contributed by atoms with Crippen molar-refractivity contribution in [1.29, 1.82) is 0 Å². The minimum atomic E-state index is -1.18. The second-order valence-electron chi connectivity index (χ2n) is 8.64. The van der Waals surface area contributed by atoms with Crippen LogP contribution in [0.4, 0.5) is 5.69 Å². The number of carboxylic acids is 1. The Morgan fingerprint density at radius 2 is 1.62 bits per heavy atom. The van der Waals surface area contributed by atoms with Crippen LogP contribution >= 0.6 is 23.4 Å². The highest BCUT2D eigenvalue weighted by atomic mass is 35.5. The fourth-order valence-electron chi connectivity index (χ4n) is 3.87. The smallest absolute Gasteiger partial charge is 0.325 e. The number of aliphatic imine (C=N–C) groups is 1. The molecule has 1 unspecified atom stereocenters. The van der Waals surface area contributed by atoms with Crippen LogP contribution < -0.4 is 15.5 Å². The van der Waals surface area contributed by atoms with Gasteiger partial charge in [-0.05, 0) is 48.9 Å². The summed E-state index contributed by atoms with van der Waals surface area (Å²) in [5, 5.41) is 14.5. The van der Waals surface area contributed by atoms with E-state index < -0.39 is 47.6 Å². The maximum absolute atomic E-state index is 14.1. The molecule has 0 saturated carbocycles. The molecule has 3 N–H and O–H groups in total. The van der Waals surface area contributed by atoms with Gasteiger partial charge in [-0.25, -0.2) is 0 Å². The number of halogens is 1. The van der Waals surface area contributed by atoms with Gasteiger partial charge in [0.25, 0.3) is 11.8 Å². The second-order valence-corrected chi connectivity index (χ2v) is 10.2. The van der Waals surface area contributed by atoms with Crippen LogP contribution in [0.5, 0.6) is 0 Å². The maximum Gasteiger partial charge on any atom is 0.325 e. The zero-order valence-corrected chi connectivity index (χ0v) is 22.4. The monoisotopic (exact) mass is 564 g/mol. The van der Waals surface area contributed by atoms with E-state index in [1.165, 1.54) is 23.6 Å². The molecule has 0 spiro atoms. The number of nitrogens with zero attached hydrogens (tertiary/aromatic N) is 2. The van der Waals surface area contributed by atoms with Crippen molar-refractivity contribution in [3.63, 3.8) is 0 Å². The number of para-hydroxylation sites is 1. The first-order valence-electron chi connectivity index (χ1n) is 12.0. The number of carbonyl (C=O) groups excluding carboxylic acids is 3. The molecule has 0 bridgehead atoms. The lowest BCUT2D eigenvalue weighted by atomic mass is 10.0. The number of amides is 3. The van der Waals surface area contributed by atoms with Gasteiger partial charge in [0.2, 0.25) is 5.91 Å². The van der Waals surface area contributed by atoms with Gasteiger partial charge in [-0.2, -0.15) is 0 Å². The van der Waals surface area contributed by atoms with E-state index in [4.69, 9.17) is 16.7 Å². The van der Waals surface area contributed by atoms with E-state index in [2.05, 4.69) is 15.6 Å². The summed E-state index contributed by atoms with van der Waals surface area (Å²) in [5.74, 6) is -2.64. The highest BCUT2D eigenvalue weighted by Gasteiger charge is 2.43. The number of carboxylic acid groups (broad SMARTS) is 1. The standard InChI is InChI=1S/C28H25ClN4O5S/c1-17(27(37)38)31-22(34)16-30-28-33(21-10-6-3-7-11-21)26(36)23(32-25(35)19-8-4-2-5-9-19)24(39-28)18-12-14-20(29)15-13-18/h2-15,17,23-24H,16H2,1H3,(H,31,34)(H,32,35)(H,37,38)/t17?,23-,24+/m0/s1. The molecule has 1 saturated heterocycles. The second kappa shape index (κ2) is 12.6. The molecule has 1 aliphatic rings. The van der Waals surface area contributed by atoms with Gasteiger partial charge in [0.05, 0.1) is 10.9 Å². The quantitative estimate of drug-likeness (QED) is 0.381. The van der Waals surface area contributed by atoms with E-state index in [9.17, 15) is 19.2 Å². The molecule has 1 fully saturated rings. The molecular formula is C28H25ClN4O5S. The number of benzene rings is 3. The molecule has 0 aromatic heterocycles. The third-order valence-electron chi connectivity index (χ3n) is 5.85. The summed E-state index contributed by atoms with van der Waals surface area (Å²) >= 11 is 7.31. The molecular weight excluding hydrogens is 540 g/mol. The van der Waals surface area contributed by atoms with Crippen LogP contribution in [-0.2, 0) is 14.4 Å². The number of nitrogens with one attached hydrogen (secondary N) is 2. The third kappa shape index (κ3) is 6.84. The zero-order chi connectivity index (χ0) is 27.9. The first kappa shape index (κ1) is 27.9. The van der Waals surface area contributed by atoms with E-state index in [-0.39, 0.29) is 5.17 Å². The van der Waals surface area contributed by atoms with E-state index in [1.807, 2.05) is 0 Å². The molecule has 39 heavy (non-hydrogen) atoms. The average Bonchev–Trinajstić information content (AvgIpc) is 2.94. The summed E-state index contributed by atoms with van der Waals surface area (Å²) < 4.78 is 0. The van der Waals surface area contributed by atoms with Crippen molar-refractivity contribution in [3.05, 3.63) is 101 Å². The number of carbonyl (C=O) groups is 4. The van der Waals surface area contributed by atoms with Gasteiger partial charge in [0.1, 0.15) is 18.6 Å². The molecule has 0 radical (unpaired) electrons. The number of hydrogen-bond donors (Lipinski definition) is 3. The van der Waals surface area contributed by atoms with Crippen LogP contribution in [0.3, 0.4) is 0 Å². The lowest BCUT2D eigenvalue weighted by Crippen LogP contribution is -2.56. The van der Waals surface area contributed by atoms with Gasteiger partial charge in [0.15, 0.2) is 5.17 Å². The van der Waals surface area contributed by atoms with Crippen molar-refractivity contribution < 1.29 is 24.3 Å². The van der Waals surface area contributed by atoms with E-state index in [0.29, 0.717) is 16.3 Å². The molecule has 9 nitrogen and oxygen atoms in total. The molecule has 1 aliphatic heterocycles. The lowest BCUT2D eigenvalue weighted by Gasteiger charge is -2.38. The molecule has 4 rings (SSSR count). The first-order chi connectivity index (χ1) is 18.7. The summed E-state index contributed by atoms with van der Waals surface area (Å²) in [5.41, 5.74) is 1.63. The van der Waals surface area contributed by atoms with E-state index in [1.54, 1.807) is 84.9 Å². The Hall–Kier alpha value is -4.15. The topological polar surface area (TPSA) is 128 Å². The first-order valence-corrected chi connectivity index (χ1v) is 13.2. The molecule has 3 aromatic carbocycles. The number of anilines is 1. The lowest BCUT2D eigenvalue weighted by molar-refractivity contribution is -0.141. The Balaban J connectivity index is 1.72. The highest BCUT2D eigenvalue weighted by Crippen LogP contribution is 2.41. The minimum Gasteiger partial charge on any atom is -0.480 e. The van der Waals surface area contributed by atoms with E-state index >= 15 is 0 Å². The molecule has 3 aromatic rings. The zero-order valence-electron chi connectivity index (χ0n) is 20.8. The summed E-state index contributed by atoms with van der Waals surface area (Å²) in [7, 11) is 0. The van der Waals surface area contributed by atoms with Crippen LogP contribution in [0.1, 0.15) is 28.1 Å². The fraction of sp³-hybridized carbons (Fsp3) is 0.179. The summed E-state index contributed by atoms with van der Waals surface area (Å²) in [6, 6.07) is 22.2. The van der Waals surface area contributed by atoms with Crippen LogP contribution in [0.2, 0.25) is 5.02 Å². The van der Waals surface area contributed by atoms with Gasteiger partial charge >= 0.3 is 5.97 Å². The normalized spacial score (nSPS) is 18.9. The average molecular weight is 565 g/mol. The van der Waals surface area contributed by atoms with Crippen molar-refractivity contribution in [2.75, 3.05) is 11.4 Å². The third-order valence-corrected chi connectivity index (χ3v) is 7.43. The molecule has 3 atom stereocenters. The minimum absolute atomic E-state index is 0.231. The van der Waals surface area contributed by atoms with Gasteiger partial charge in [0, 0.05) is 10.6 Å². The van der Waals surface area contributed by atoms with Crippen LogP contribution in [0, 0.1) is 0 Å². The Morgan fingerprint density at radius 3 is 2.23 bits per heavy atom. The van der Waals surface area contributed by atoms with Gasteiger partial charge in [-0.1, -0.05) is 71.9 Å². The van der Waals surface area contributed by atoms with Crippen molar-refractivity contribution in [1.82, 2.24) is 10.6 Å². The molecule has 0 aliphatic carbocycles. The van der Waals surface area contributed by atoms with Gasteiger partial charge < -0.3 is 15.7 Å². The molecule has 1 heterocycles. The number of amidine groups is 1. The fourth-order valence-corrected chi connectivity index (χ4v) is 5.28. The van der Waals surface area contributed by atoms with Crippen LogP contribution in [0.15, 0.2) is 89.9 Å². The van der Waals surface area contributed by atoms with Crippen molar-refractivity contribution in [3.8, 4) is 0 Å². The van der Waals surface area contributed by atoms with Crippen molar-refractivity contribution in [2.45, 2.75) is 24.3 Å². The summed E-state index contributed by atoms with van der Waals surface area (Å²) in [4.78, 5) is 56.5. The molecule has 3 amide bonds. The van der Waals surface area contributed by atoms with Crippen LogP contribution in [0.25, 0.3) is 0 Å². The Kier molecular flexibility index (Phi) is 9.00. The number of hydrogen-bond acceptors (Lipinski definition) is 6. The number of thioether (sulfide) groups is 1. The Labute approximate surface area is 234 Å². The number of rotatable bonds is 8. The van der Waals surface area contributed by atoms with Crippen LogP contribution in [-0.4, -0.2) is 52.6 Å². The van der Waals surface area contributed by atoms with Crippen molar-refractivity contribution in [2.24, 2.45) is 4.99 Å².